The lowest BCUT2D eigenvalue weighted by atomic mass is 10.2. The number of phenols is 2. The topological polar surface area (TPSA) is 142 Å². The highest BCUT2D eigenvalue weighted by Crippen LogP contribution is 2.37. The van der Waals surface area contributed by atoms with Crippen molar-refractivity contribution in [2.75, 3.05) is 17.9 Å². The predicted molar refractivity (Wildman–Crippen MR) is 114 cm³/mol. The van der Waals surface area contributed by atoms with E-state index in [2.05, 4.69) is 25.4 Å². The molecule has 0 saturated carbocycles. The summed E-state index contributed by atoms with van der Waals surface area (Å²) in [6, 6.07) is 5.82. The molecule has 1 aliphatic rings. The number of hydrogen-bond acceptors (Lipinski definition) is 7. The van der Waals surface area contributed by atoms with Gasteiger partial charge in [-0.1, -0.05) is 27.5 Å². The van der Waals surface area contributed by atoms with Gasteiger partial charge >= 0.3 is 0 Å². The summed E-state index contributed by atoms with van der Waals surface area (Å²) in [7, 11) is -8.59. The van der Waals surface area contributed by atoms with E-state index in [1.165, 1.54) is 12.1 Å². The molecule has 4 N–H and O–H groups in total. The van der Waals surface area contributed by atoms with Crippen LogP contribution in [0.1, 0.15) is 12.8 Å². The molecule has 1 fully saturated rings. The van der Waals surface area contributed by atoms with Crippen LogP contribution in [0.15, 0.2) is 44.6 Å². The minimum atomic E-state index is -4.38. The molecule has 0 bridgehead atoms. The molecule has 9 nitrogen and oxygen atoms in total. The van der Waals surface area contributed by atoms with Gasteiger partial charge in [0, 0.05) is 22.6 Å². The Kier molecular flexibility index (Phi) is 6.84. The summed E-state index contributed by atoms with van der Waals surface area (Å²) in [6.45, 7) is 0.546. The second-order valence-electron chi connectivity index (χ2n) is 6.50. The van der Waals surface area contributed by atoms with Crippen molar-refractivity contribution in [3.8, 4) is 11.5 Å². The highest BCUT2D eigenvalue weighted by molar-refractivity contribution is 9.10. The van der Waals surface area contributed by atoms with Gasteiger partial charge in [0.05, 0.1) is 11.8 Å². The second kappa shape index (κ2) is 8.89. The van der Waals surface area contributed by atoms with Crippen LogP contribution < -0.4 is 9.44 Å². The van der Waals surface area contributed by atoms with Crippen LogP contribution in [0, 0.1) is 0 Å². The average molecular weight is 542 g/mol. The zero-order valence-corrected chi connectivity index (χ0v) is 19.3. The molecule has 164 valence electrons. The van der Waals surface area contributed by atoms with Crippen LogP contribution in [-0.4, -0.2) is 46.3 Å². The Balaban J connectivity index is 1.93. The van der Waals surface area contributed by atoms with Crippen molar-refractivity contribution in [3.63, 3.8) is 0 Å². The third-order valence-electron chi connectivity index (χ3n) is 4.31. The van der Waals surface area contributed by atoms with E-state index in [0.717, 1.165) is 24.6 Å². The maximum absolute atomic E-state index is 12.7. The molecule has 1 aliphatic heterocycles. The van der Waals surface area contributed by atoms with Gasteiger partial charge < -0.3 is 14.9 Å². The third-order valence-corrected chi connectivity index (χ3v) is 7.85. The molecule has 3 rings (SSSR count). The summed E-state index contributed by atoms with van der Waals surface area (Å²) in [6.07, 6.45) is 1.24. The predicted octanol–water partition coefficient (Wildman–Crippen LogP) is 2.77. The highest BCUT2D eigenvalue weighted by atomic mass is 79.9. The minimum Gasteiger partial charge on any atom is -0.507 e. The van der Waals surface area contributed by atoms with E-state index in [1.807, 2.05) is 0 Å². The smallest absolute Gasteiger partial charge is 0.265 e. The average Bonchev–Trinajstić information content (AvgIpc) is 3.18. The number of anilines is 1. The Morgan fingerprint density at radius 3 is 2.50 bits per heavy atom. The number of halogens is 2. The fourth-order valence-corrected chi connectivity index (χ4v) is 6.03. The molecule has 2 aromatic carbocycles. The van der Waals surface area contributed by atoms with Crippen molar-refractivity contribution in [1.29, 1.82) is 0 Å². The van der Waals surface area contributed by atoms with Crippen LogP contribution in [0.3, 0.4) is 0 Å². The van der Waals surface area contributed by atoms with Crippen molar-refractivity contribution >= 4 is 53.3 Å². The quantitative estimate of drug-likeness (QED) is 0.395. The molecule has 1 unspecified atom stereocenters. The molecule has 1 heterocycles. The summed E-state index contributed by atoms with van der Waals surface area (Å²) in [5.41, 5.74) is -0.459. The molecule has 1 saturated heterocycles. The van der Waals surface area contributed by atoms with E-state index in [0.29, 0.717) is 17.5 Å². The van der Waals surface area contributed by atoms with Gasteiger partial charge in [-0.25, -0.2) is 21.6 Å². The lowest BCUT2D eigenvalue weighted by Crippen LogP contribution is -2.32. The molecule has 0 aromatic heterocycles. The van der Waals surface area contributed by atoms with Crippen LogP contribution in [0.25, 0.3) is 0 Å². The van der Waals surface area contributed by atoms with E-state index < -0.39 is 47.0 Å². The summed E-state index contributed by atoms with van der Waals surface area (Å²) < 4.78 is 60.8. The lowest BCUT2D eigenvalue weighted by Gasteiger charge is -2.16. The molecule has 0 amide bonds. The first-order chi connectivity index (χ1) is 14.0. The molecule has 2 aromatic rings. The van der Waals surface area contributed by atoms with Crippen molar-refractivity contribution in [1.82, 2.24) is 4.72 Å². The van der Waals surface area contributed by atoms with Crippen LogP contribution in [0.2, 0.25) is 5.02 Å². The van der Waals surface area contributed by atoms with Crippen molar-refractivity contribution in [2.24, 2.45) is 0 Å². The molecular weight excluding hydrogens is 524 g/mol. The number of phenolic OH excluding ortho intramolecular Hbond substituents is 2. The number of hydrogen-bond donors (Lipinski definition) is 4. The Morgan fingerprint density at radius 1 is 1.10 bits per heavy atom. The van der Waals surface area contributed by atoms with Crippen LogP contribution in [0.4, 0.5) is 5.69 Å². The summed E-state index contributed by atoms with van der Waals surface area (Å²) >= 11 is 9.08. The van der Waals surface area contributed by atoms with Gasteiger partial charge in [-0.2, -0.15) is 0 Å². The van der Waals surface area contributed by atoms with Crippen molar-refractivity contribution in [3.05, 3.63) is 39.8 Å². The first kappa shape index (κ1) is 23.1. The zero-order chi connectivity index (χ0) is 22.1. The Labute approximate surface area is 187 Å². The van der Waals surface area contributed by atoms with E-state index in [-0.39, 0.29) is 17.7 Å². The number of aromatic hydroxyl groups is 2. The standard InChI is InChI=1S/C17H18BrClN2O7S2/c18-10-3-4-14(22)15(6-10)30(26,27)21-13-7-11(19)8-16(17(13)23)29(24,25)20-9-12-2-1-5-28-12/h3-4,6-8,12,20-23H,1-2,5,9H2. The van der Waals surface area contributed by atoms with Crippen molar-refractivity contribution in [2.45, 2.75) is 28.7 Å². The number of sulfonamides is 2. The van der Waals surface area contributed by atoms with E-state index >= 15 is 0 Å². The van der Waals surface area contributed by atoms with Gasteiger partial charge in [0.25, 0.3) is 10.0 Å². The summed E-state index contributed by atoms with van der Waals surface area (Å²) in [5, 5.41) is 20.2. The molecule has 0 aliphatic carbocycles. The molecule has 0 radical (unpaired) electrons. The Morgan fingerprint density at radius 2 is 1.83 bits per heavy atom. The fraction of sp³-hybridized carbons (Fsp3) is 0.294. The first-order valence-corrected chi connectivity index (χ1v) is 12.8. The maximum Gasteiger partial charge on any atom is 0.265 e. The normalized spacial score (nSPS) is 17.2. The van der Waals surface area contributed by atoms with Gasteiger partial charge in [-0.15, -0.1) is 0 Å². The maximum atomic E-state index is 12.7. The lowest BCUT2D eigenvalue weighted by molar-refractivity contribution is 0.114. The molecule has 0 spiro atoms. The number of rotatable bonds is 7. The first-order valence-electron chi connectivity index (χ1n) is 8.65. The summed E-state index contributed by atoms with van der Waals surface area (Å²) in [5.74, 6) is -1.37. The Bertz CT molecular complexity index is 1170. The zero-order valence-electron chi connectivity index (χ0n) is 15.3. The van der Waals surface area contributed by atoms with Crippen LogP contribution >= 0.6 is 27.5 Å². The van der Waals surface area contributed by atoms with Crippen LogP contribution in [-0.2, 0) is 24.8 Å². The van der Waals surface area contributed by atoms with Gasteiger partial charge in [0.15, 0.2) is 5.75 Å². The molecule has 13 heteroatoms. The van der Waals surface area contributed by atoms with Gasteiger partial charge in [0.1, 0.15) is 15.5 Å². The fourth-order valence-electron chi connectivity index (χ4n) is 2.85. The highest BCUT2D eigenvalue weighted by Gasteiger charge is 2.27. The molecular formula is C17H18BrClN2O7S2. The minimum absolute atomic E-state index is 0.00125. The number of nitrogens with one attached hydrogen (secondary N) is 2. The van der Waals surface area contributed by atoms with Crippen LogP contribution in [0.5, 0.6) is 11.5 Å². The Hall–Kier alpha value is -1.57. The second-order valence-corrected chi connectivity index (χ2v) is 11.2. The van der Waals surface area contributed by atoms with Gasteiger partial charge in [-0.3, -0.25) is 4.72 Å². The third kappa shape index (κ3) is 5.18. The monoisotopic (exact) mass is 540 g/mol. The molecule has 30 heavy (non-hydrogen) atoms. The summed E-state index contributed by atoms with van der Waals surface area (Å²) in [4.78, 5) is -1.07. The van der Waals surface area contributed by atoms with Gasteiger partial charge in [-0.05, 0) is 43.2 Å². The van der Waals surface area contributed by atoms with E-state index in [9.17, 15) is 27.0 Å². The largest absolute Gasteiger partial charge is 0.507 e. The van der Waals surface area contributed by atoms with E-state index in [4.69, 9.17) is 16.3 Å². The molecule has 1 atom stereocenters. The SMILES string of the molecule is O=S(=O)(Nc1cc(Cl)cc(S(=O)(=O)NCC2CCCO2)c1O)c1cc(Br)ccc1O. The number of benzene rings is 2. The van der Waals surface area contributed by atoms with Crippen molar-refractivity contribution < 1.29 is 31.8 Å². The number of ether oxygens (including phenoxy) is 1. The van der Waals surface area contributed by atoms with E-state index in [1.54, 1.807) is 0 Å². The van der Waals surface area contributed by atoms with Gasteiger partial charge in [0.2, 0.25) is 10.0 Å².